The Bertz CT molecular complexity index is 1270. The molecule has 2 heterocycles. The molecule has 12 nitrogen and oxygen atoms in total. The molecule has 1 aromatic heterocycles. The highest BCUT2D eigenvalue weighted by molar-refractivity contribution is 5.88. The van der Waals surface area contributed by atoms with Crippen LogP contribution in [-0.2, 0) is 4.74 Å². The Morgan fingerprint density at radius 1 is 0.941 bits per heavy atom. The Balaban J connectivity index is 1.79. The van der Waals surface area contributed by atoms with Gasteiger partial charge in [-0.25, -0.2) is 0 Å². The molecule has 2 aromatic carbocycles. The highest BCUT2D eigenvalue weighted by Crippen LogP contribution is 2.38. The molecule has 0 aliphatic carbocycles. The highest BCUT2D eigenvalue weighted by Gasteiger charge is 2.44. The Kier molecular flexibility index (Phi) is 6.25. The van der Waals surface area contributed by atoms with Crippen molar-refractivity contribution in [2.45, 2.75) is 30.7 Å². The number of phenolic OH excluding ortho intramolecular Hbond substituents is 3. The predicted octanol–water partition coefficient (Wildman–Crippen LogP) is -0.236. The van der Waals surface area contributed by atoms with Gasteiger partial charge in [-0.2, -0.15) is 0 Å². The predicted molar refractivity (Wildman–Crippen MR) is 114 cm³/mol. The van der Waals surface area contributed by atoms with Crippen LogP contribution in [0.3, 0.4) is 0 Å². The maximum absolute atomic E-state index is 13.0. The lowest BCUT2D eigenvalue weighted by atomic mass is 9.99. The van der Waals surface area contributed by atoms with Crippen LogP contribution in [0.2, 0.25) is 0 Å². The topological polar surface area (TPSA) is 200 Å². The molecule has 1 aliphatic heterocycles. The van der Waals surface area contributed by atoms with Gasteiger partial charge in [0.25, 0.3) is 0 Å². The molecule has 1 aliphatic rings. The van der Waals surface area contributed by atoms with Crippen LogP contribution in [0.4, 0.5) is 0 Å². The van der Waals surface area contributed by atoms with Gasteiger partial charge in [0, 0.05) is 17.7 Å². The highest BCUT2D eigenvalue weighted by atomic mass is 16.7. The summed E-state index contributed by atoms with van der Waals surface area (Å²) in [5.41, 5.74) is -0.706. The first-order chi connectivity index (χ1) is 16.2. The smallest absolute Gasteiger partial charge is 0.239 e. The van der Waals surface area contributed by atoms with Crippen LogP contribution in [0.1, 0.15) is 0 Å². The van der Waals surface area contributed by atoms with Gasteiger partial charge in [0.2, 0.25) is 17.5 Å². The van der Waals surface area contributed by atoms with E-state index >= 15 is 0 Å². The number of rotatable bonds is 5. The minimum absolute atomic E-state index is 0.111. The number of benzene rings is 2. The Labute approximate surface area is 191 Å². The second-order valence-electron chi connectivity index (χ2n) is 7.63. The van der Waals surface area contributed by atoms with Gasteiger partial charge in [0.05, 0.1) is 13.7 Å². The summed E-state index contributed by atoms with van der Waals surface area (Å²) in [4.78, 5) is 13.0. The molecule has 34 heavy (non-hydrogen) atoms. The zero-order valence-electron chi connectivity index (χ0n) is 17.7. The molecular formula is C22H22O12. The van der Waals surface area contributed by atoms with E-state index in [-0.39, 0.29) is 33.8 Å². The molecule has 1 fully saturated rings. The summed E-state index contributed by atoms with van der Waals surface area (Å²) in [7, 11) is 1.22. The number of hydrogen-bond donors (Lipinski definition) is 7. The SMILES string of the molecule is COc1c(-c2ccc(O)c(O)c2)oc2cc(O[C@H]3O[C@@H](CO)[C@H](O)[C@@H](O)[C@@H]3O)cc(O)c2c1=O. The molecule has 1 saturated heterocycles. The van der Waals surface area contributed by atoms with Crippen LogP contribution in [-0.4, -0.2) is 80.2 Å². The van der Waals surface area contributed by atoms with Crippen LogP contribution in [0.5, 0.6) is 28.7 Å². The summed E-state index contributed by atoms with van der Waals surface area (Å²) in [5, 5.41) is 69.0. The molecule has 0 spiro atoms. The lowest BCUT2D eigenvalue weighted by Gasteiger charge is -2.39. The van der Waals surface area contributed by atoms with Gasteiger partial charge in [-0.05, 0) is 18.2 Å². The van der Waals surface area contributed by atoms with Gasteiger partial charge in [-0.1, -0.05) is 0 Å². The van der Waals surface area contributed by atoms with Gasteiger partial charge in [-0.15, -0.1) is 0 Å². The fourth-order valence-electron chi connectivity index (χ4n) is 3.66. The number of methoxy groups -OCH3 is 1. The van der Waals surface area contributed by atoms with Gasteiger partial charge < -0.3 is 54.4 Å². The van der Waals surface area contributed by atoms with Crippen molar-refractivity contribution in [2.75, 3.05) is 13.7 Å². The molecule has 7 N–H and O–H groups in total. The van der Waals surface area contributed by atoms with Crippen LogP contribution in [0.15, 0.2) is 39.5 Å². The molecule has 182 valence electrons. The molecule has 0 radical (unpaired) electrons. The summed E-state index contributed by atoms with van der Waals surface area (Å²) in [6, 6.07) is 5.96. The number of phenols is 3. The quantitative estimate of drug-likeness (QED) is 0.238. The van der Waals surface area contributed by atoms with E-state index in [4.69, 9.17) is 18.6 Å². The lowest BCUT2D eigenvalue weighted by Crippen LogP contribution is -2.60. The average molecular weight is 478 g/mol. The van der Waals surface area contributed by atoms with E-state index < -0.39 is 60.0 Å². The molecule has 0 unspecified atom stereocenters. The fourth-order valence-corrected chi connectivity index (χ4v) is 3.66. The molecule has 0 saturated carbocycles. The van der Waals surface area contributed by atoms with Gasteiger partial charge in [-0.3, -0.25) is 4.79 Å². The summed E-state index contributed by atoms with van der Waals surface area (Å²) in [5.74, 6) is -1.93. The van der Waals surface area contributed by atoms with Crippen molar-refractivity contribution in [1.82, 2.24) is 0 Å². The zero-order chi connectivity index (χ0) is 24.7. The van der Waals surface area contributed by atoms with E-state index in [0.29, 0.717) is 0 Å². The van der Waals surface area contributed by atoms with Crippen molar-refractivity contribution in [1.29, 1.82) is 0 Å². The van der Waals surface area contributed by atoms with Crippen molar-refractivity contribution >= 4 is 11.0 Å². The molecular weight excluding hydrogens is 456 g/mol. The van der Waals surface area contributed by atoms with Crippen molar-refractivity contribution in [3.05, 3.63) is 40.6 Å². The van der Waals surface area contributed by atoms with E-state index in [0.717, 1.165) is 12.1 Å². The maximum Gasteiger partial charge on any atom is 0.239 e. The number of aliphatic hydroxyl groups excluding tert-OH is 4. The monoisotopic (exact) mass is 478 g/mol. The summed E-state index contributed by atoms with van der Waals surface area (Å²) in [6.45, 7) is -0.661. The molecule has 5 atom stereocenters. The Hall–Kier alpha value is -3.55. The Morgan fingerprint density at radius 3 is 2.32 bits per heavy atom. The molecule has 12 heteroatoms. The summed E-state index contributed by atoms with van der Waals surface area (Å²) >= 11 is 0. The Morgan fingerprint density at radius 2 is 1.68 bits per heavy atom. The minimum Gasteiger partial charge on any atom is -0.507 e. The third kappa shape index (κ3) is 3.97. The second kappa shape index (κ2) is 9.00. The molecule has 3 aromatic rings. The number of fused-ring (bicyclic) bond motifs is 1. The average Bonchev–Trinajstić information content (AvgIpc) is 2.80. The molecule has 0 amide bonds. The van der Waals surface area contributed by atoms with E-state index in [1.807, 2.05) is 0 Å². The normalized spacial score (nSPS) is 24.8. The summed E-state index contributed by atoms with van der Waals surface area (Å²) < 4.78 is 21.7. The van der Waals surface area contributed by atoms with Crippen LogP contribution in [0, 0.1) is 0 Å². The molecule has 0 bridgehead atoms. The largest absolute Gasteiger partial charge is 0.507 e. The second-order valence-corrected chi connectivity index (χ2v) is 7.63. The van der Waals surface area contributed by atoms with E-state index in [1.54, 1.807) is 0 Å². The fraction of sp³-hybridized carbons (Fsp3) is 0.318. The van der Waals surface area contributed by atoms with Crippen LogP contribution < -0.4 is 14.9 Å². The van der Waals surface area contributed by atoms with Gasteiger partial charge in [0.15, 0.2) is 17.3 Å². The number of aromatic hydroxyl groups is 3. The van der Waals surface area contributed by atoms with Crippen molar-refractivity contribution in [3.8, 4) is 40.1 Å². The number of hydrogen-bond acceptors (Lipinski definition) is 12. The third-order valence-electron chi connectivity index (χ3n) is 5.45. The van der Waals surface area contributed by atoms with Crippen molar-refractivity contribution < 1.29 is 54.4 Å². The standard InChI is InChI=1S/C22H22O12/c1-31-21-17(28)15-12(26)5-9(32-22-19(30)18(29)16(27)14(7-23)34-22)6-13(15)33-20(21)8-2-3-10(24)11(25)4-8/h2-6,14,16,18-19,22-27,29-30H,7H2,1H3/t14-,16-,18+,19-,22-/m0/s1. The van der Waals surface area contributed by atoms with Gasteiger partial charge in [0.1, 0.15) is 46.9 Å². The van der Waals surface area contributed by atoms with Gasteiger partial charge >= 0.3 is 0 Å². The van der Waals surface area contributed by atoms with E-state index in [1.165, 1.54) is 25.3 Å². The zero-order valence-corrected chi connectivity index (χ0v) is 17.7. The third-order valence-corrected chi connectivity index (χ3v) is 5.45. The first-order valence-electron chi connectivity index (χ1n) is 10.0. The van der Waals surface area contributed by atoms with Crippen LogP contribution in [0.25, 0.3) is 22.3 Å². The van der Waals surface area contributed by atoms with E-state index in [9.17, 15) is 40.5 Å². The molecule has 4 rings (SSSR count). The van der Waals surface area contributed by atoms with Crippen molar-refractivity contribution in [3.63, 3.8) is 0 Å². The van der Waals surface area contributed by atoms with Crippen molar-refractivity contribution in [2.24, 2.45) is 0 Å². The van der Waals surface area contributed by atoms with E-state index in [2.05, 4.69) is 0 Å². The number of ether oxygens (including phenoxy) is 3. The lowest BCUT2D eigenvalue weighted by molar-refractivity contribution is -0.277. The van der Waals surface area contributed by atoms with Crippen LogP contribution >= 0.6 is 0 Å². The first-order valence-corrected chi connectivity index (χ1v) is 10.0. The minimum atomic E-state index is -1.70. The first kappa shape index (κ1) is 23.6. The maximum atomic E-state index is 13.0. The number of aliphatic hydroxyl groups is 4. The summed E-state index contributed by atoms with van der Waals surface area (Å²) in [6.07, 6.45) is -7.71.